The lowest BCUT2D eigenvalue weighted by atomic mass is 10.2. The molecule has 0 spiro atoms. The molecule has 0 saturated heterocycles. The van der Waals surface area contributed by atoms with Gasteiger partial charge in [0.1, 0.15) is 16.7 Å². The van der Waals surface area contributed by atoms with Gasteiger partial charge in [0.2, 0.25) is 5.78 Å². The van der Waals surface area contributed by atoms with Crippen LogP contribution in [0.4, 0.5) is 5.69 Å². The highest BCUT2D eigenvalue weighted by Gasteiger charge is 2.28. The molecule has 2 aromatic carbocycles. The third kappa shape index (κ3) is 3.02. The van der Waals surface area contributed by atoms with E-state index >= 15 is 0 Å². The van der Waals surface area contributed by atoms with Crippen LogP contribution in [0, 0.1) is 11.3 Å². The van der Waals surface area contributed by atoms with Gasteiger partial charge in [0.25, 0.3) is 0 Å². The number of esters is 1. The van der Waals surface area contributed by atoms with Crippen LogP contribution in [-0.4, -0.2) is 35.6 Å². The molecule has 0 atom stereocenters. The number of rotatable bonds is 4. The zero-order valence-corrected chi connectivity index (χ0v) is 15.6. The smallest absolute Gasteiger partial charge is 0.359 e. The molecular weight excluding hydrogens is 376 g/mol. The van der Waals surface area contributed by atoms with Crippen molar-refractivity contribution in [1.82, 2.24) is 10.2 Å². The Labute approximate surface area is 164 Å². The number of hydrogen-bond donors (Lipinski definition) is 1. The van der Waals surface area contributed by atoms with E-state index < -0.39 is 18.4 Å². The summed E-state index contributed by atoms with van der Waals surface area (Å²) in [4.78, 5) is 27.6. The number of ketones is 1. The second kappa shape index (κ2) is 7.21. The van der Waals surface area contributed by atoms with E-state index in [1.807, 2.05) is 36.4 Å². The molecule has 0 radical (unpaired) electrons. The van der Waals surface area contributed by atoms with Gasteiger partial charge in [0.15, 0.2) is 12.3 Å². The van der Waals surface area contributed by atoms with Gasteiger partial charge in [-0.25, -0.2) is 4.79 Å². The van der Waals surface area contributed by atoms with Crippen molar-refractivity contribution in [3.63, 3.8) is 0 Å². The van der Waals surface area contributed by atoms with E-state index in [-0.39, 0.29) is 11.3 Å². The molecule has 1 aliphatic heterocycles. The number of hydrogen-bond acceptors (Lipinski definition) is 7. The van der Waals surface area contributed by atoms with Crippen LogP contribution in [-0.2, 0) is 9.53 Å². The Bertz CT molecular complexity index is 1180. The van der Waals surface area contributed by atoms with Crippen LogP contribution in [0.2, 0.25) is 0 Å². The molecular formula is C20H14N4O3S. The number of para-hydroxylation sites is 2. The Morgan fingerprint density at radius 1 is 1.21 bits per heavy atom. The summed E-state index contributed by atoms with van der Waals surface area (Å²) in [6.07, 6.45) is 0. The first-order valence-corrected chi connectivity index (χ1v) is 9.20. The molecule has 0 unspecified atom stereocenters. The minimum atomic E-state index is -0.719. The number of anilines is 1. The SMILES string of the molecule is CN1/C(=C(\C#N)C(=O)COC(=O)c2n[nH]c3ccccc23)Sc2ccccc21. The topological polar surface area (TPSA) is 99.1 Å². The summed E-state index contributed by atoms with van der Waals surface area (Å²) >= 11 is 1.34. The van der Waals surface area contributed by atoms with Crippen LogP contribution >= 0.6 is 11.8 Å². The van der Waals surface area contributed by atoms with Gasteiger partial charge in [-0.05, 0) is 18.2 Å². The number of Topliss-reactive ketones (excluding diaryl/α,β-unsaturated/α-hetero) is 1. The molecule has 1 N–H and O–H groups in total. The van der Waals surface area contributed by atoms with E-state index in [1.54, 1.807) is 30.1 Å². The molecule has 0 amide bonds. The van der Waals surface area contributed by atoms with Crippen LogP contribution in [0.1, 0.15) is 10.5 Å². The molecule has 8 heteroatoms. The highest BCUT2D eigenvalue weighted by atomic mass is 32.2. The lowest BCUT2D eigenvalue weighted by Crippen LogP contribution is -2.20. The number of thioether (sulfide) groups is 1. The van der Waals surface area contributed by atoms with E-state index in [0.29, 0.717) is 15.9 Å². The standard InChI is InChI=1S/C20H14N4O3S/c1-24-15-8-4-5-9-17(15)28-19(24)13(10-21)16(25)11-27-20(26)18-12-6-2-3-7-14(12)22-23-18/h2-9H,11H2,1H3,(H,22,23)/b19-13-. The van der Waals surface area contributed by atoms with Gasteiger partial charge >= 0.3 is 5.97 Å². The molecule has 1 aliphatic rings. The first-order chi connectivity index (χ1) is 13.6. The van der Waals surface area contributed by atoms with Crippen molar-refractivity contribution in [2.24, 2.45) is 0 Å². The van der Waals surface area contributed by atoms with Crippen LogP contribution in [0.5, 0.6) is 0 Å². The normalized spacial score (nSPS) is 14.5. The Hall–Kier alpha value is -3.57. The molecule has 3 aromatic rings. The van der Waals surface area contributed by atoms with Crippen molar-refractivity contribution < 1.29 is 14.3 Å². The maximum atomic E-state index is 12.6. The van der Waals surface area contributed by atoms with Gasteiger partial charge in [0, 0.05) is 17.3 Å². The number of fused-ring (bicyclic) bond motifs is 2. The summed E-state index contributed by atoms with van der Waals surface area (Å²) in [6.45, 7) is -0.531. The largest absolute Gasteiger partial charge is 0.452 e. The molecule has 0 aliphatic carbocycles. The third-order valence-electron chi connectivity index (χ3n) is 4.34. The summed E-state index contributed by atoms with van der Waals surface area (Å²) in [7, 11) is 1.79. The highest BCUT2D eigenvalue weighted by molar-refractivity contribution is 8.03. The number of ether oxygens (including phenoxy) is 1. The second-order valence-corrected chi connectivity index (χ2v) is 7.07. The van der Waals surface area contributed by atoms with Gasteiger partial charge in [0.05, 0.1) is 11.2 Å². The summed E-state index contributed by atoms with van der Waals surface area (Å²) < 4.78 is 5.13. The molecule has 0 bridgehead atoms. The van der Waals surface area contributed by atoms with Crippen molar-refractivity contribution in [3.8, 4) is 6.07 Å². The van der Waals surface area contributed by atoms with E-state index in [2.05, 4.69) is 10.2 Å². The quantitative estimate of drug-likeness (QED) is 0.415. The third-order valence-corrected chi connectivity index (χ3v) is 5.58. The molecule has 2 heterocycles. The molecule has 0 fully saturated rings. The van der Waals surface area contributed by atoms with E-state index in [1.165, 1.54) is 11.8 Å². The van der Waals surface area contributed by atoms with Gasteiger partial charge in [-0.3, -0.25) is 9.89 Å². The molecule has 4 rings (SSSR count). The van der Waals surface area contributed by atoms with Gasteiger partial charge in [-0.1, -0.05) is 42.1 Å². The molecule has 138 valence electrons. The number of carbonyl (C=O) groups is 2. The number of carbonyl (C=O) groups excluding carboxylic acids is 2. The summed E-state index contributed by atoms with van der Waals surface area (Å²) in [5, 5.41) is 17.4. The lowest BCUT2D eigenvalue weighted by Gasteiger charge is -2.14. The number of aromatic nitrogens is 2. The maximum Gasteiger partial charge on any atom is 0.359 e. The van der Waals surface area contributed by atoms with Crippen LogP contribution < -0.4 is 4.90 Å². The Morgan fingerprint density at radius 2 is 1.96 bits per heavy atom. The summed E-state index contributed by atoms with van der Waals surface area (Å²) in [6, 6.07) is 16.7. The zero-order chi connectivity index (χ0) is 19.7. The highest BCUT2D eigenvalue weighted by Crippen LogP contribution is 2.46. The number of nitriles is 1. The van der Waals surface area contributed by atoms with Crippen molar-refractivity contribution in [1.29, 1.82) is 5.26 Å². The number of nitrogens with one attached hydrogen (secondary N) is 1. The minimum Gasteiger partial charge on any atom is -0.452 e. The molecule has 28 heavy (non-hydrogen) atoms. The van der Waals surface area contributed by atoms with E-state index in [9.17, 15) is 14.9 Å². The average molecular weight is 390 g/mol. The molecule has 1 aromatic heterocycles. The van der Waals surface area contributed by atoms with Crippen LogP contribution in [0.25, 0.3) is 10.9 Å². The predicted octanol–water partition coefficient (Wildman–Crippen LogP) is 3.27. The number of aromatic amines is 1. The van der Waals surface area contributed by atoms with Gasteiger partial charge in [-0.2, -0.15) is 10.4 Å². The van der Waals surface area contributed by atoms with E-state index in [4.69, 9.17) is 4.74 Å². The number of benzene rings is 2. The Kier molecular flexibility index (Phi) is 4.59. The lowest BCUT2D eigenvalue weighted by molar-refractivity contribution is -0.118. The Morgan fingerprint density at radius 3 is 2.75 bits per heavy atom. The van der Waals surface area contributed by atoms with Crippen molar-refractivity contribution >= 4 is 40.1 Å². The van der Waals surface area contributed by atoms with Gasteiger partial charge < -0.3 is 9.64 Å². The first-order valence-electron chi connectivity index (χ1n) is 8.38. The fourth-order valence-corrected chi connectivity index (χ4v) is 4.10. The Balaban J connectivity index is 1.52. The average Bonchev–Trinajstić information content (AvgIpc) is 3.29. The van der Waals surface area contributed by atoms with Gasteiger partial charge in [-0.15, -0.1) is 0 Å². The first kappa shape index (κ1) is 17.8. The van der Waals surface area contributed by atoms with Crippen molar-refractivity contribution in [2.75, 3.05) is 18.6 Å². The van der Waals surface area contributed by atoms with Crippen molar-refractivity contribution in [3.05, 3.63) is 64.8 Å². The second-order valence-electron chi connectivity index (χ2n) is 6.04. The fourth-order valence-electron chi connectivity index (χ4n) is 2.94. The predicted molar refractivity (Wildman–Crippen MR) is 105 cm³/mol. The summed E-state index contributed by atoms with van der Waals surface area (Å²) in [5.41, 5.74) is 1.68. The fraction of sp³-hybridized carbons (Fsp3) is 0.100. The monoisotopic (exact) mass is 390 g/mol. The minimum absolute atomic E-state index is 0.0385. The summed E-state index contributed by atoms with van der Waals surface area (Å²) in [5.74, 6) is -1.28. The number of H-pyrrole nitrogens is 1. The van der Waals surface area contributed by atoms with Crippen LogP contribution in [0.15, 0.2) is 64.0 Å². The van der Waals surface area contributed by atoms with E-state index in [0.717, 1.165) is 10.6 Å². The van der Waals surface area contributed by atoms with Crippen molar-refractivity contribution in [2.45, 2.75) is 4.90 Å². The maximum absolute atomic E-state index is 12.6. The molecule has 0 saturated carbocycles. The zero-order valence-electron chi connectivity index (χ0n) is 14.8. The number of nitrogens with zero attached hydrogens (tertiary/aromatic N) is 3. The molecule has 7 nitrogen and oxygen atoms in total. The van der Waals surface area contributed by atoms with Crippen LogP contribution in [0.3, 0.4) is 0 Å².